The Morgan fingerprint density at radius 3 is 2.26 bits per heavy atom. The Hall–Kier alpha value is -6.63. The van der Waals surface area contributed by atoms with Crippen LogP contribution in [-0.4, -0.2) is 179 Å². The maximum absolute atomic E-state index is 15.5. The predicted octanol–water partition coefficient (Wildman–Crippen LogP) is 5.84. The van der Waals surface area contributed by atoms with Crippen LogP contribution in [0.3, 0.4) is 0 Å². The van der Waals surface area contributed by atoms with Crippen molar-refractivity contribution >= 4 is 53.3 Å². The number of aromatic hydroxyl groups is 1. The number of carbonyl (C=O) groups excluding carboxylic acids is 8. The summed E-state index contributed by atoms with van der Waals surface area (Å²) >= 11 is 0. The molecule has 10 unspecified atom stereocenters. The first-order valence-electron chi connectivity index (χ1n) is 28.9. The van der Waals surface area contributed by atoms with Crippen LogP contribution in [0.15, 0.2) is 52.5 Å². The lowest BCUT2D eigenvalue weighted by Gasteiger charge is -2.43. The molecule has 23 heteroatoms. The maximum Gasteiger partial charge on any atom is 0.416 e. The Morgan fingerprint density at radius 2 is 1.64 bits per heavy atom. The van der Waals surface area contributed by atoms with E-state index >= 15 is 14.4 Å². The number of allylic oxidation sites excluding steroid dienone is 4. The molecule has 1 spiro atoms. The molecule has 0 radical (unpaired) electrons. The van der Waals surface area contributed by atoms with Crippen molar-refractivity contribution in [2.24, 2.45) is 40.5 Å². The Morgan fingerprint density at radius 1 is 0.952 bits per heavy atom. The van der Waals surface area contributed by atoms with Gasteiger partial charge in [-0.1, -0.05) is 66.7 Å². The number of hydrogen-bond acceptors (Lipinski definition) is 21. The minimum absolute atomic E-state index is 0.0140. The van der Waals surface area contributed by atoms with Gasteiger partial charge in [-0.25, -0.2) is 9.69 Å². The van der Waals surface area contributed by atoms with Crippen molar-refractivity contribution in [2.75, 3.05) is 60.0 Å². The number of esters is 2. The van der Waals surface area contributed by atoms with Gasteiger partial charge in [-0.05, 0) is 45.6 Å². The standard InChI is InChI=1S/C61H85N5O18/c1-14-44(70)81-32-79-31-65(23-16-19-42(30-67)40(10)68)26-28-80-59(77)66-50-48(63-61(66)21-24-64(25-22-61)29-33(2)3)45-46-53(73)39(9)56-47(45)57(75)60(12,84-56)82-27-20-43(78-13)36(6)55(83-41(11)69)38(8)52(72)37(7)51(71)34(4)17-15-18-35(5)58(76)62-49(50)54(46)74/h15,17-18,20,27,30,33-34,36-38,42-43,51-52,55,71-73H,14,16,19,21-26,28-29,31-32H2,1-13H3,(H,62,76). The molecule has 5 heterocycles. The zero-order chi connectivity index (χ0) is 62.1. The lowest BCUT2D eigenvalue weighted by Crippen LogP contribution is -2.55. The summed E-state index contributed by atoms with van der Waals surface area (Å²) < 4.78 is 41.1. The molecule has 462 valence electrons. The smallest absolute Gasteiger partial charge is 0.416 e. The van der Waals surface area contributed by atoms with Gasteiger partial charge in [0.15, 0.2) is 6.79 Å². The molecule has 6 aliphatic rings. The highest BCUT2D eigenvalue weighted by molar-refractivity contribution is 6.35. The van der Waals surface area contributed by atoms with Crippen molar-refractivity contribution in [3.63, 3.8) is 0 Å². The van der Waals surface area contributed by atoms with E-state index in [-0.39, 0.29) is 116 Å². The molecule has 2 amide bonds. The van der Waals surface area contributed by atoms with Gasteiger partial charge < -0.3 is 63.5 Å². The number of rotatable bonds is 18. The Labute approximate surface area is 491 Å². The van der Waals surface area contributed by atoms with Gasteiger partial charge in [0.25, 0.3) is 11.7 Å². The summed E-state index contributed by atoms with van der Waals surface area (Å²) in [4.78, 5) is 119. The van der Waals surface area contributed by atoms with E-state index in [9.17, 15) is 39.3 Å². The number of ether oxygens (including phenoxy) is 7. The van der Waals surface area contributed by atoms with Crippen LogP contribution in [0.2, 0.25) is 0 Å². The number of piperidine rings is 1. The summed E-state index contributed by atoms with van der Waals surface area (Å²) in [7, 11) is 1.42. The molecule has 0 aromatic heterocycles. The highest BCUT2D eigenvalue weighted by atomic mass is 16.7. The fourth-order valence-electron chi connectivity index (χ4n) is 11.5. The average Bonchev–Trinajstić information content (AvgIpc) is 1.54. The van der Waals surface area contributed by atoms with E-state index < -0.39 is 112 Å². The average molecular weight is 1180 g/mol. The van der Waals surface area contributed by atoms with Gasteiger partial charge in [-0.15, -0.1) is 0 Å². The molecular weight excluding hydrogens is 1090 g/mol. The SMILES string of the molecule is CCC(=O)OCOCN(CCCC(C=O)C(C)=O)CCOC(=O)N1C2=C3NC(=O)C(C)=CC=CC(C)C(O)C(C)C(O)C(C)C(OC(C)=O)C(C)C(OC)C=COC4(C)Oc5c(C)c(O)c(c(c5C4=O)C2=NC12CCN(CC(C)C)CC2)C3=O. The van der Waals surface area contributed by atoms with Crippen molar-refractivity contribution in [1.29, 1.82) is 0 Å². The third-order valence-electron chi connectivity index (χ3n) is 16.5. The number of methoxy groups -OCH3 is 1. The number of ketones is 3. The number of nitrogens with zero attached hydrogens (tertiary/aromatic N) is 4. The van der Waals surface area contributed by atoms with Gasteiger partial charge in [-0.2, -0.15) is 0 Å². The van der Waals surface area contributed by atoms with E-state index in [4.69, 9.17) is 38.2 Å². The zero-order valence-electron chi connectivity index (χ0n) is 50.7. The number of phenolic OH excluding ortho intramolecular Hbond substituents is 1. The van der Waals surface area contributed by atoms with Crippen LogP contribution in [0.5, 0.6) is 11.5 Å². The summed E-state index contributed by atoms with van der Waals surface area (Å²) in [5.41, 5.74) is -2.92. The van der Waals surface area contributed by atoms with Gasteiger partial charge in [0.05, 0.1) is 47.3 Å². The van der Waals surface area contributed by atoms with Crippen LogP contribution < -0.4 is 10.1 Å². The fraction of sp³-hybridized carbons (Fsp3) is 0.623. The van der Waals surface area contributed by atoms with Gasteiger partial charge in [-0.3, -0.25) is 38.7 Å². The van der Waals surface area contributed by atoms with E-state index in [0.717, 1.165) is 0 Å². The molecule has 1 aliphatic carbocycles. The molecule has 10 atom stereocenters. The van der Waals surface area contributed by atoms with Crippen molar-refractivity contribution in [2.45, 2.75) is 151 Å². The molecule has 0 saturated carbocycles. The zero-order valence-corrected chi connectivity index (χ0v) is 50.7. The quantitative estimate of drug-likeness (QED) is 0.0335. The molecule has 1 aromatic rings. The van der Waals surface area contributed by atoms with E-state index in [0.29, 0.717) is 32.3 Å². The first kappa shape index (κ1) is 66.5. The summed E-state index contributed by atoms with van der Waals surface area (Å²) in [6.07, 6.45) is 3.87. The second-order valence-electron chi connectivity index (χ2n) is 23.2. The number of aliphatic hydroxyl groups is 2. The number of carbonyl (C=O) groups is 8. The topological polar surface area (TPSA) is 296 Å². The van der Waals surface area contributed by atoms with Crippen LogP contribution in [0.4, 0.5) is 4.79 Å². The molecule has 4 N–H and O–H groups in total. The number of aldehydes is 1. The predicted molar refractivity (Wildman–Crippen MR) is 305 cm³/mol. The number of fused-ring (bicyclic) bond motifs is 13. The highest BCUT2D eigenvalue weighted by Gasteiger charge is 2.58. The van der Waals surface area contributed by atoms with Gasteiger partial charge >= 0.3 is 23.8 Å². The monoisotopic (exact) mass is 1180 g/mol. The summed E-state index contributed by atoms with van der Waals surface area (Å²) in [6.45, 7) is 20.6. The number of Topliss-reactive ketones (excluding diaryl/α,β-unsaturated/α-hetero) is 3. The largest absolute Gasteiger partial charge is 0.507 e. The number of hydrogen-bond donors (Lipinski definition) is 4. The fourth-order valence-corrected chi connectivity index (χ4v) is 11.5. The van der Waals surface area contributed by atoms with E-state index in [2.05, 4.69) is 24.1 Å². The number of aliphatic imine (C=N–C) groups is 1. The van der Waals surface area contributed by atoms with Crippen LogP contribution >= 0.6 is 0 Å². The normalized spacial score (nSPS) is 26.8. The van der Waals surface area contributed by atoms with E-state index in [1.807, 2.05) is 0 Å². The van der Waals surface area contributed by atoms with E-state index in [1.54, 1.807) is 51.7 Å². The molecule has 7 rings (SSSR count). The molecule has 23 nitrogen and oxygen atoms in total. The third-order valence-corrected chi connectivity index (χ3v) is 16.5. The highest BCUT2D eigenvalue weighted by Crippen LogP contribution is 2.52. The third kappa shape index (κ3) is 14.5. The van der Waals surface area contributed by atoms with Crippen molar-refractivity contribution in [3.8, 4) is 11.5 Å². The van der Waals surface area contributed by atoms with Gasteiger partial charge in [0.1, 0.15) is 60.1 Å². The summed E-state index contributed by atoms with van der Waals surface area (Å²) in [6, 6.07) is 0. The van der Waals surface area contributed by atoms with E-state index in [1.165, 1.54) is 65.0 Å². The first-order valence-corrected chi connectivity index (χ1v) is 28.9. The molecule has 5 bridgehead atoms. The second kappa shape index (κ2) is 28.5. The second-order valence-corrected chi connectivity index (χ2v) is 23.2. The van der Waals surface area contributed by atoms with Crippen molar-refractivity contribution < 1.29 is 86.8 Å². The molecule has 1 fully saturated rings. The minimum atomic E-state index is -2.16. The van der Waals surface area contributed by atoms with Crippen LogP contribution in [0.25, 0.3) is 0 Å². The lowest BCUT2D eigenvalue weighted by molar-refractivity contribution is -0.161. The lowest BCUT2D eigenvalue weighted by atomic mass is 9.78. The Kier molecular flexibility index (Phi) is 22.6. The van der Waals surface area contributed by atoms with Crippen LogP contribution in [0.1, 0.15) is 140 Å². The first-order chi connectivity index (χ1) is 39.7. The molecule has 1 aromatic carbocycles. The Bertz CT molecular complexity index is 2830. The number of aliphatic hydroxyl groups excluding tert-OH is 2. The minimum Gasteiger partial charge on any atom is -0.507 e. The number of benzene rings is 1. The number of phenols is 1. The molecular formula is C61H85N5O18. The maximum atomic E-state index is 15.5. The molecule has 5 aliphatic heterocycles. The van der Waals surface area contributed by atoms with Gasteiger partial charge in [0.2, 0.25) is 5.78 Å². The van der Waals surface area contributed by atoms with Crippen molar-refractivity contribution in [1.82, 2.24) is 20.0 Å². The summed E-state index contributed by atoms with van der Waals surface area (Å²) in [5, 5.41) is 38.3. The Balaban J connectivity index is 1.50. The number of amides is 2. The number of likely N-dealkylation sites (tertiary alicyclic amines) is 1. The van der Waals surface area contributed by atoms with Crippen molar-refractivity contribution in [3.05, 3.63) is 69.8 Å². The summed E-state index contributed by atoms with van der Waals surface area (Å²) in [5.74, 6) is -10.2. The van der Waals surface area contributed by atoms with Crippen LogP contribution in [-0.2, 0) is 52.4 Å². The van der Waals surface area contributed by atoms with Crippen LogP contribution in [0, 0.1) is 42.4 Å². The molecule has 1 saturated heterocycles. The molecule has 84 heavy (non-hydrogen) atoms. The number of nitrogens with one attached hydrogen (secondary N) is 1. The van der Waals surface area contributed by atoms with Gasteiger partial charge in [0, 0.05) is 113 Å².